The molecule has 0 aliphatic carbocycles. The van der Waals surface area contributed by atoms with Crippen molar-refractivity contribution in [1.29, 1.82) is 0 Å². The second-order valence-electron chi connectivity index (χ2n) is 3.96. The lowest BCUT2D eigenvalue weighted by atomic mass is 10.2. The minimum atomic E-state index is -0.607. The molecule has 0 radical (unpaired) electrons. The fourth-order valence-electron chi connectivity index (χ4n) is 1.57. The molecule has 0 spiro atoms. The van der Waals surface area contributed by atoms with Crippen molar-refractivity contribution in [2.24, 2.45) is 7.05 Å². The zero-order valence-corrected chi connectivity index (χ0v) is 11.2. The van der Waals surface area contributed by atoms with Crippen molar-refractivity contribution in [3.8, 4) is 0 Å². The molecule has 0 atom stereocenters. The van der Waals surface area contributed by atoms with Gasteiger partial charge in [-0.25, -0.2) is 0 Å². The Balaban J connectivity index is 2.28. The van der Waals surface area contributed by atoms with Crippen LogP contribution in [0.15, 0.2) is 23.7 Å². The van der Waals surface area contributed by atoms with E-state index in [0.29, 0.717) is 0 Å². The van der Waals surface area contributed by atoms with E-state index in [1.54, 1.807) is 6.08 Å². The third-order valence-electron chi connectivity index (χ3n) is 2.53. The number of thiophene rings is 1. The van der Waals surface area contributed by atoms with Crippen LogP contribution >= 0.6 is 11.3 Å². The number of nitrogens with zero attached hydrogens (tertiary/aromatic N) is 3. The van der Waals surface area contributed by atoms with Gasteiger partial charge in [0.2, 0.25) is 11.5 Å². The van der Waals surface area contributed by atoms with E-state index in [1.807, 2.05) is 18.4 Å². The second-order valence-corrected chi connectivity index (χ2v) is 4.91. The summed E-state index contributed by atoms with van der Waals surface area (Å²) in [4.78, 5) is 23.1. The van der Waals surface area contributed by atoms with Gasteiger partial charge in [0.1, 0.15) is 6.20 Å². The number of hydrogen-bond acceptors (Lipinski definition) is 5. The van der Waals surface area contributed by atoms with E-state index in [9.17, 15) is 14.9 Å². The van der Waals surface area contributed by atoms with Gasteiger partial charge >= 0.3 is 5.69 Å². The van der Waals surface area contributed by atoms with E-state index in [-0.39, 0.29) is 11.4 Å². The molecule has 0 aliphatic rings. The van der Waals surface area contributed by atoms with Crippen molar-refractivity contribution >= 4 is 28.9 Å². The minimum absolute atomic E-state index is 0.141. The Hall–Kier alpha value is -2.28. The van der Waals surface area contributed by atoms with Crippen LogP contribution in [0.4, 0.5) is 5.69 Å². The highest BCUT2D eigenvalue weighted by molar-refractivity contribution is 7.11. The van der Waals surface area contributed by atoms with Crippen LogP contribution in [0.3, 0.4) is 0 Å². The van der Waals surface area contributed by atoms with Gasteiger partial charge in [-0.15, -0.1) is 11.3 Å². The Morgan fingerprint density at radius 3 is 2.89 bits per heavy atom. The van der Waals surface area contributed by atoms with Gasteiger partial charge in [0.05, 0.1) is 4.92 Å². The van der Waals surface area contributed by atoms with Crippen molar-refractivity contribution < 1.29 is 9.72 Å². The summed E-state index contributed by atoms with van der Waals surface area (Å²) in [6, 6.07) is 1.94. The first-order chi connectivity index (χ1) is 8.99. The molecule has 0 fully saturated rings. The topological polar surface area (TPSA) is 78.0 Å². The maximum atomic E-state index is 11.9. The monoisotopic (exact) mass is 277 g/mol. The predicted molar refractivity (Wildman–Crippen MR) is 72.3 cm³/mol. The molecule has 0 aliphatic heterocycles. The average molecular weight is 277 g/mol. The smallest absolute Gasteiger partial charge is 0.287 e. The molecule has 0 unspecified atom stereocenters. The minimum Gasteiger partial charge on any atom is -0.287 e. The molecule has 2 heterocycles. The maximum Gasteiger partial charge on any atom is 0.318 e. The summed E-state index contributed by atoms with van der Waals surface area (Å²) >= 11 is 1.50. The molecule has 0 amide bonds. The van der Waals surface area contributed by atoms with Crippen molar-refractivity contribution in [3.05, 3.63) is 50.0 Å². The zero-order chi connectivity index (χ0) is 14.0. The number of aryl methyl sites for hydroxylation is 2. The molecular weight excluding hydrogens is 266 g/mol. The molecule has 0 aromatic carbocycles. The van der Waals surface area contributed by atoms with Crippen molar-refractivity contribution in [3.63, 3.8) is 0 Å². The number of allylic oxidation sites excluding steroid dienone is 1. The van der Waals surface area contributed by atoms with Gasteiger partial charge in [0.25, 0.3) is 0 Å². The molecule has 19 heavy (non-hydrogen) atoms. The van der Waals surface area contributed by atoms with Gasteiger partial charge in [0.15, 0.2) is 0 Å². The largest absolute Gasteiger partial charge is 0.318 e. The van der Waals surface area contributed by atoms with Crippen LogP contribution in [-0.2, 0) is 7.05 Å². The zero-order valence-electron chi connectivity index (χ0n) is 10.4. The quantitative estimate of drug-likeness (QED) is 0.372. The van der Waals surface area contributed by atoms with Crippen LogP contribution in [0.5, 0.6) is 0 Å². The van der Waals surface area contributed by atoms with Crippen LogP contribution in [0.1, 0.15) is 20.9 Å². The molecule has 0 saturated heterocycles. The molecule has 0 N–H and O–H groups in total. The van der Waals surface area contributed by atoms with E-state index < -0.39 is 10.7 Å². The number of rotatable bonds is 4. The summed E-state index contributed by atoms with van der Waals surface area (Å²) in [7, 11) is 1.54. The number of hydrogen-bond donors (Lipinski definition) is 0. The van der Waals surface area contributed by atoms with Crippen molar-refractivity contribution in [1.82, 2.24) is 9.78 Å². The number of carbonyl (C=O) groups excluding carboxylic acids is 1. The van der Waals surface area contributed by atoms with Gasteiger partial charge in [0, 0.05) is 11.9 Å². The Labute approximate surface area is 113 Å². The molecule has 2 aromatic heterocycles. The van der Waals surface area contributed by atoms with Gasteiger partial charge in [-0.1, -0.05) is 0 Å². The fraction of sp³-hybridized carbons (Fsp3) is 0.167. The lowest BCUT2D eigenvalue weighted by Crippen LogP contribution is -2.00. The Morgan fingerprint density at radius 2 is 2.32 bits per heavy atom. The summed E-state index contributed by atoms with van der Waals surface area (Å²) in [6.45, 7) is 1.93. The van der Waals surface area contributed by atoms with Gasteiger partial charge in [-0.2, -0.15) is 5.10 Å². The summed E-state index contributed by atoms with van der Waals surface area (Å²) in [5.74, 6) is -0.472. The Morgan fingerprint density at radius 1 is 1.58 bits per heavy atom. The first-order valence-corrected chi connectivity index (χ1v) is 6.31. The molecule has 98 valence electrons. The number of carbonyl (C=O) groups is 1. The molecule has 0 saturated carbocycles. The molecule has 2 rings (SSSR count). The lowest BCUT2D eigenvalue weighted by molar-refractivity contribution is -0.385. The predicted octanol–water partition coefficient (Wildman–Crippen LogP) is 2.59. The van der Waals surface area contributed by atoms with Gasteiger partial charge in [-0.3, -0.25) is 19.6 Å². The summed E-state index contributed by atoms with van der Waals surface area (Å²) in [5.41, 5.74) is 0.641. The fourth-order valence-corrected chi connectivity index (χ4v) is 2.39. The van der Waals surface area contributed by atoms with Crippen molar-refractivity contribution in [2.45, 2.75) is 6.92 Å². The van der Waals surface area contributed by atoms with E-state index in [1.165, 1.54) is 35.3 Å². The third kappa shape index (κ3) is 2.76. The molecule has 6 nitrogen and oxygen atoms in total. The average Bonchev–Trinajstić information content (AvgIpc) is 2.92. The Bertz CT molecular complexity index is 670. The number of ketones is 1. The lowest BCUT2D eigenvalue weighted by Gasteiger charge is -1.91. The highest BCUT2D eigenvalue weighted by Crippen LogP contribution is 2.20. The Kier molecular flexibility index (Phi) is 3.57. The maximum absolute atomic E-state index is 11.9. The first kappa shape index (κ1) is 13.2. The first-order valence-electron chi connectivity index (χ1n) is 5.43. The third-order valence-corrected chi connectivity index (χ3v) is 3.51. The highest BCUT2D eigenvalue weighted by Gasteiger charge is 2.22. The molecule has 2 aromatic rings. The standard InChI is InChI=1S/C12H11N3O3S/c1-8-5-6-19-11(8)4-3-10(16)12-9(15(17)18)7-14(2)13-12/h3-7H,1-2H3/b4-3+. The van der Waals surface area contributed by atoms with Crippen LogP contribution < -0.4 is 0 Å². The van der Waals surface area contributed by atoms with Crippen LogP contribution in [0, 0.1) is 17.0 Å². The summed E-state index contributed by atoms with van der Waals surface area (Å²) in [6.07, 6.45) is 4.19. The van der Waals surface area contributed by atoms with E-state index in [2.05, 4.69) is 5.10 Å². The SMILES string of the molecule is Cc1ccsc1/C=C/C(=O)c1nn(C)cc1[N+](=O)[O-]. The summed E-state index contributed by atoms with van der Waals surface area (Å²) < 4.78 is 1.26. The van der Waals surface area contributed by atoms with E-state index >= 15 is 0 Å². The van der Waals surface area contributed by atoms with Crippen LogP contribution in [0.25, 0.3) is 6.08 Å². The molecule has 0 bridgehead atoms. The highest BCUT2D eigenvalue weighted by atomic mass is 32.1. The number of aromatic nitrogens is 2. The molecular formula is C12H11N3O3S. The van der Waals surface area contributed by atoms with E-state index in [0.717, 1.165) is 10.4 Å². The normalized spacial score (nSPS) is 11.1. The van der Waals surface area contributed by atoms with Crippen LogP contribution in [0.2, 0.25) is 0 Å². The van der Waals surface area contributed by atoms with Crippen LogP contribution in [-0.4, -0.2) is 20.5 Å². The summed E-state index contributed by atoms with van der Waals surface area (Å²) in [5, 5.41) is 16.6. The van der Waals surface area contributed by atoms with E-state index in [4.69, 9.17) is 0 Å². The second kappa shape index (κ2) is 5.15. The molecule has 7 heteroatoms. The van der Waals surface area contributed by atoms with Gasteiger partial charge < -0.3 is 0 Å². The van der Waals surface area contributed by atoms with Crippen molar-refractivity contribution in [2.75, 3.05) is 0 Å². The number of nitro groups is 1. The van der Waals surface area contributed by atoms with Gasteiger partial charge in [-0.05, 0) is 36.1 Å².